The van der Waals surface area contributed by atoms with Gasteiger partial charge in [0.05, 0.1) is 15.1 Å². The third-order valence-electron chi connectivity index (χ3n) is 5.85. The lowest BCUT2D eigenvalue weighted by Crippen LogP contribution is -2.37. The van der Waals surface area contributed by atoms with E-state index in [1.54, 1.807) is 27.4 Å². The highest BCUT2D eigenvalue weighted by atomic mass is 35.5. The van der Waals surface area contributed by atoms with Gasteiger partial charge in [-0.05, 0) is 69.4 Å². The van der Waals surface area contributed by atoms with Crippen molar-refractivity contribution in [2.75, 3.05) is 45.2 Å². The van der Waals surface area contributed by atoms with Crippen molar-refractivity contribution < 1.29 is 13.2 Å². The Balaban J connectivity index is 0.00000481. The van der Waals surface area contributed by atoms with Gasteiger partial charge in [-0.2, -0.15) is 4.31 Å². The average Bonchev–Trinajstić information content (AvgIpc) is 3.26. The first-order valence-corrected chi connectivity index (χ1v) is 14.9. The normalized spacial score (nSPS) is 11.8. The molecule has 3 rings (SSSR count). The number of aromatic nitrogens is 1. The van der Waals surface area contributed by atoms with Gasteiger partial charge < -0.3 is 4.90 Å². The Bertz CT molecular complexity index is 1260. The highest BCUT2D eigenvalue weighted by Gasteiger charge is 2.25. The molecule has 2 aromatic carbocycles. The lowest BCUT2D eigenvalue weighted by Gasteiger charge is -2.23. The topological polar surface area (TPSA) is 73.8 Å². The van der Waals surface area contributed by atoms with Crippen LogP contribution in [-0.4, -0.2) is 68.8 Å². The predicted molar refractivity (Wildman–Crippen MR) is 157 cm³/mol. The fourth-order valence-corrected chi connectivity index (χ4v) is 6.46. The largest absolute Gasteiger partial charge is 0.308 e. The summed E-state index contributed by atoms with van der Waals surface area (Å²) < 4.78 is 29.0. The number of unbranched alkanes of at least 4 members (excludes halogenated alkanes) is 2. The molecular weight excluding hydrogens is 551 g/mol. The summed E-state index contributed by atoms with van der Waals surface area (Å²) >= 11 is 7.55. The van der Waals surface area contributed by atoms with Crippen LogP contribution in [0.2, 0.25) is 5.02 Å². The van der Waals surface area contributed by atoms with Gasteiger partial charge in [0.2, 0.25) is 10.0 Å². The maximum atomic E-state index is 13.6. The van der Waals surface area contributed by atoms with Gasteiger partial charge in [-0.1, -0.05) is 49.6 Å². The number of carbonyl (C=O) groups is 1. The monoisotopic (exact) mass is 586 g/mol. The Hall–Kier alpha value is -1.75. The molecule has 204 valence electrons. The van der Waals surface area contributed by atoms with Crippen molar-refractivity contribution in [2.45, 2.75) is 44.4 Å². The number of anilines is 1. The molecule has 0 radical (unpaired) electrons. The second-order valence-corrected chi connectivity index (χ2v) is 12.4. The number of likely N-dealkylation sites (N-methyl/N-ethyl adjacent to an activating group) is 1. The number of amides is 1. The van der Waals surface area contributed by atoms with Crippen LogP contribution in [0.25, 0.3) is 10.2 Å². The van der Waals surface area contributed by atoms with E-state index in [1.807, 2.05) is 45.0 Å². The van der Waals surface area contributed by atoms with Crippen LogP contribution in [0, 0.1) is 0 Å². The molecule has 0 saturated heterocycles. The van der Waals surface area contributed by atoms with Crippen LogP contribution < -0.4 is 4.90 Å². The fourth-order valence-electron chi connectivity index (χ4n) is 3.68. The molecule has 0 saturated carbocycles. The molecule has 37 heavy (non-hydrogen) atoms. The second-order valence-electron chi connectivity index (χ2n) is 9.00. The summed E-state index contributed by atoms with van der Waals surface area (Å²) in [5, 5.41) is 1.20. The molecule has 7 nitrogen and oxygen atoms in total. The molecule has 0 N–H and O–H groups in total. The van der Waals surface area contributed by atoms with Crippen molar-refractivity contribution in [3.05, 3.63) is 53.1 Å². The molecule has 1 amide bonds. The van der Waals surface area contributed by atoms with E-state index in [0.29, 0.717) is 41.9 Å². The number of hydrogen-bond donors (Lipinski definition) is 0. The van der Waals surface area contributed by atoms with Crippen LogP contribution in [-0.2, 0) is 10.0 Å². The SMILES string of the molecule is CCCCN(CCCC)S(=O)(=O)c1ccc(C(=O)N(CCN(C)C)c2nc3ccc(Cl)cc3s2)cc1.Cl. The van der Waals surface area contributed by atoms with Crippen molar-refractivity contribution in [1.29, 1.82) is 0 Å². The van der Waals surface area contributed by atoms with Gasteiger partial charge in [0, 0.05) is 36.8 Å². The number of fused-ring (bicyclic) bond motifs is 1. The summed E-state index contributed by atoms with van der Waals surface area (Å²) in [4.78, 5) is 22.1. The number of hydrogen-bond acceptors (Lipinski definition) is 6. The first-order chi connectivity index (χ1) is 17.2. The summed E-state index contributed by atoms with van der Waals surface area (Å²) in [6.45, 7) is 6.19. The molecule has 11 heteroatoms. The Morgan fingerprint density at radius 3 is 2.14 bits per heavy atom. The van der Waals surface area contributed by atoms with Gasteiger partial charge in [-0.25, -0.2) is 13.4 Å². The van der Waals surface area contributed by atoms with E-state index >= 15 is 0 Å². The molecular formula is C26H36Cl2N4O3S2. The molecule has 0 atom stereocenters. The molecule has 0 spiro atoms. The highest BCUT2D eigenvalue weighted by Crippen LogP contribution is 2.31. The number of rotatable bonds is 13. The van der Waals surface area contributed by atoms with Crippen LogP contribution in [0.5, 0.6) is 0 Å². The van der Waals surface area contributed by atoms with Crippen molar-refractivity contribution in [3.63, 3.8) is 0 Å². The first kappa shape index (κ1) is 31.5. The molecule has 1 aromatic heterocycles. The quantitative estimate of drug-likeness (QED) is 0.239. The van der Waals surface area contributed by atoms with Crippen molar-refractivity contribution in [1.82, 2.24) is 14.2 Å². The maximum Gasteiger partial charge on any atom is 0.260 e. The molecule has 0 aliphatic rings. The van der Waals surface area contributed by atoms with E-state index in [9.17, 15) is 13.2 Å². The average molecular weight is 588 g/mol. The Kier molecular flexibility index (Phi) is 12.3. The number of benzene rings is 2. The highest BCUT2D eigenvalue weighted by molar-refractivity contribution is 7.89. The van der Waals surface area contributed by atoms with Crippen LogP contribution in [0.3, 0.4) is 0 Å². The van der Waals surface area contributed by atoms with Crippen molar-refractivity contribution >= 4 is 66.6 Å². The summed E-state index contributed by atoms with van der Waals surface area (Å²) in [6.07, 6.45) is 3.47. The lowest BCUT2D eigenvalue weighted by molar-refractivity contribution is 0.0985. The maximum absolute atomic E-state index is 13.6. The van der Waals surface area contributed by atoms with E-state index in [1.165, 1.54) is 23.5 Å². The third-order valence-corrected chi connectivity index (χ3v) is 9.04. The van der Waals surface area contributed by atoms with Crippen molar-refractivity contribution in [3.8, 4) is 0 Å². The van der Waals surface area contributed by atoms with Crippen LogP contribution in [0.1, 0.15) is 49.9 Å². The zero-order valence-electron chi connectivity index (χ0n) is 21.8. The smallest absolute Gasteiger partial charge is 0.260 e. The van der Waals surface area contributed by atoms with Gasteiger partial charge in [0.25, 0.3) is 5.91 Å². The van der Waals surface area contributed by atoms with Crippen molar-refractivity contribution in [2.24, 2.45) is 0 Å². The summed E-state index contributed by atoms with van der Waals surface area (Å²) in [5.41, 5.74) is 1.20. The minimum atomic E-state index is -3.62. The fraction of sp³-hybridized carbons (Fsp3) is 0.462. The number of carbonyl (C=O) groups excluding carboxylic acids is 1. The van der Waals surface area contributed by atoms with E-state index in [-0.39, 0.29) is 23.2 Å². The summed E-state index contributed by atoms with van der Waals surface area (Å²) in [7, 11) is 0.271. The van der Waals surface area contributed by atoms with E-state index in [0.717, 1.165) is 35.9 Å². The number of sulfonamides is 1. The second kappa shape index (κ2) is 14.4. The molecule has 0 unspecified atom stereocenters. The van der Waals surface area contributed by atoms with Crippen LogP contribution in [0.4, 0.5) is 5.13 Å². The Morgan fingerprint density at radius 1 is 0.946 bits per heavy atom. The van der Waals surface area contributed by atoms with E-state index in [4.69, 9.17) is 11.6 Å². The number of halogens is 2. The van der Waals surface area contributed by atoms with Crippen LogP contribution >= 0.6 is 35.3 Å². The zero-order chi connectivity index (χ0) is 26.3. The van der Waals surface area contributed by atoms with Gasteiger partial charge >= 0.3 is 0 Å². The number of nitrogens with zero attached hydrogens (tertiary/aromatic N) is 4. The van der Waals surface area contributed by atoms with E-state index in [2.05, 4.69) is 4.98 Å². The first-order valence-electron chi connectivity index (χ1n) is 12.3. The zero-order valence-corrected chi connectivity index (χ0v) is 25.0. The molecule has 0 fully saturated rings. The van der Waals surface area contributed by atoms with E-state index < -0.39 is 10.0 Å². The minimum Gasteiger partial charge on any atom is -0.308 e. The van der Waals surface area contributed by atoms with Gasteiger partial charge in [0.15, 0.2) is 5.13 Å². The Morgan fingerprint density at radius 2 is 1.57 bits per heavy atom. The predicted octanol–water partition coefficient (Wildman–Crippen LogP) is 6.17. The van der Waals surface area contributed by atoms with Gasteiger partial charge in [-0.15, -0.1) is 12.4 Å². The molecule has 0 aliphatic carbocycles. The Labute approximate surface area is 235 Å². The van der Waals surface area contributed by atoms with Gasteiger partial charge in [-0.3, -0.25) is 9.69 Å². The summed E-state index contributed by atoms with van der Waals surface area (Å²) in [6, 6.07) is 11.7. The van der Waals surface area contributed by atoms with Crippen LogP contribution in [0.15, 0.2) is 47.4 Å². The standard InChI is InChI=1S/C26H35ClN4O3S2.ClH/c1-5-7-15-30(16-8-6-2)36(33,34)22-12-9-20(10-13-22)25(32)31(18-17-29(3)4)26-28-23-14-11-21(27)19-24(23)35-26;/h9-14,19H,5-8,15-18H2,1-4H3;1H. The summed E-state index contributed by atoms with van der Waals surface area (Å²) in [5.74, 6) is -0.222. The molecule has 0 aliphatic heterocycles. The minimum absolute atomic E-state index is 0. The molecule has 0 bridgehead atoms. The van der Waals surface area contributed by atoms with Gasteiger partial charge in [0.1, 0.15) is 0 Å². The third kappa shape index (κ3) is 8.12. The molecule has 3 aromatic rings. The molecule has 1 heterocycles. The number of thiazole rings is 1. The lowest BCUT2D eigenvalue weighted by atomic mass is 10.2.